The van der Waals surface area contributed by atoms with E-state index in [1.807, 2.05) is 24.3 Å². The smallest absolute Gasteiger partial charge is 0.243 e. The van der Waals surface area contributed by atoms with E-state index >= 15 is 0 Å². The van der Waals surface area contributed by atoms with Gasteiger partial charge in [0.2, 0.25) is 5.91 Å². The topological polar surface area (TPSA) is 38.3 Å². The summed E-state index contributed by atoms with van der Waals surface area (Å²) in [6.07, 6.45) is 4.73. The Morgan fingerprint density at radius 1 is 1.00 bits per heavy atom. The van der Waals surface area contributed by atoms with Crippen LogP contribution in [0.25, 0.3) is 0 Å². The molecule has 3 heteroatoms. The fraction of sp³-hybridized carbons (Fsp3) is 0.316. The summed E-state index contributed by atoms with van der Waals surface area (Å²) in [5, 5.41) is 3.03. The third-order valence-electron chi connectivity index (χ3n) is 5.37. The maximum Gasteiger partial charge on any atom is 0.243 e. The Bertz CT molecular complexity index is 811. The van der Waals surface area contributed by atoms with Gasteiger partial charge in [0.25, 0.3) is 0 Å². The molecule has 0 saturated carbocycles. The lowest BCUT2D eigenvalue weighted by molar-refractivity contribution is -0.119. The second kappa shape index (κ2) is 4.13. The van der Waals surface area contributed by atoms with Gasteiger partial charge >= 0.3 is 0 Å². The molecule has 3 nitrogen and oxygen atoms in total. The minimum Gasteiger partial charge on any atom is -0.491 e. The number of fused-ring (bicyclic) bond motifs is 5. The van der Waals surface area contributed by atoms with Crippen LogP contribution in [0.5, 0.6) is 5.75 Å². The summed E-state index contributed by atoms with van der Waals surface area (Å²) in [4.78, 5) is 12.8. The highest BCUT2D eigenvalue weighted by atomic mass is 16.5. The number of hydrogen-bond donors (Lipinski definition) is 1. The predicted octanol–water partition coefficient (Wildman–Crippen LogP) is 3.20. The standard InChI is InChI=1S/C19H17NO2/c21-18-19(14-7-3-4-8-16(14)20-18)11-22-17-10-13-6-2-1-5-12(13)9-15(17)19/h3-4,7-10H,1-2,5-6,11H2,(H,20,21). The molecule has 5 rings (SSSR count). The van der Waals surface area contributed by atoms with Crippen molar-refractivity contribution in [3.63, 3.8) is 0 Å². The van der Waals surface area contributed by atoms with Gasteiger partial charge in [0.05, 0.1) is 0 Å². The van der Waals surface area contributed by atoms with Crippen molar-refractivity contribution < 1.29 is 9.53 Å². The molecular weight excluding hydrogens is 274 g/mol. The van der Waals surface area contributed by atoms with Gasteiger partial charge in [-0.05, 0) is 54.5 Å². The molecule has 110 valence electrons. The molecule has 1 N–H and O–H groups in total. The zero-order valence-corrected chi connectivity index (χ0v) is 12.3. The molecule has 0 radical (unpaired) electrons. The Balaban J connectivity index is 1.76. The van der Waals surface area contributed by atoms with Gasteiger partial charge in [-0.25, -0.2) is 0 Å². The quantitative estimate of drug-likeness (QED) is 0.809. The Kier molecular flexibility index (Phi) is 2.30. The summed E-state index contributed by atoms with van der Waals surface area (Å²) in [7, 11) is 0. The second-order valence-electron chi connectivity index (χ2n) is 6.52. The molecule has 1 spiro atoms. The van der Waals surface area contributed by atoms with Gasteiger partial charge in [-0.3, -0.25) is 4.79 Å². The zero-order valence-electron chi connectivity index (χ0n) is 12.3. The Morgan fingerprint density at radius 3 is 2.64 bits per heavy atom. The molecule has 22 heavy (non-hydrogen) atoms. The molecule has 1 atom stereocenters. The summed E-state index contributed by atoms with van der Waals surface area (Å²) in [5.41, 5.74) is 5.16. The lowest BCUT2D eigenvalue weighted by Crippen LogP contribution is -2.37. The highest BCUT2D eigenvalue weighted by Gasteiger charge is 2.53. The first-order valence-corrected chi connectivity index (χ1v) is 7.99. The third-order valence-corrected chi connectivity index (χ3v) is 5.37. The summed E-state index contributed by atoms with van der Waals surface area (Å²) in [5.74, 6) is 0.940. The highest BCUT2D eigenvalue weighted by Crippen LogP contribution is 2.51. The van der Waals surface area contributed by atoms with E-state index in [1.54, 1.807) is 0 Å². The fourth-order valence-corrected chi connectivity index (χ4v) is 4.21. The molecule has 1 amide bonds. The number of rotatable bonds is 0. The number of amides is 1. The molecule has 2 aromatic rings. The maximum absolute atomic E-state index is 12.8. The van der Waals surface area contributed by atoms with E-state index in [0.717, 1.165) is 35.4 Å². The van der Waals surface area contributed by atoms with E-state index in [2.05, 4.69) is 17.4 Å². The van der Waals surface area contributed by atoms with E-state index in [1.165, 1.54) is 24.0 Å². The van der Waals surface area contributed by atoms with E-state index in [4.69, 9.17) is 4.74 Å². The van der Waals surface area contributed by atoms with Crippen molar-refractivity contribution in [2.45, 2.75) is 31.1 Å². The molecule has 1 unspecified atom stereocenters. The van der Waals surface area contributed by atoms with Gasteiger partial charge in [-0.15, -0.1) is 0 Å². The van der Waals surface area contributed by atoms with E-state index in [9.17, 15) is 4.79 Å². The van der Waals surface area contributed by atoms with Crippen LogP contribution < -0.4 is 10.1 Å². The highest BCUT2D eigenvalue weighted by molar-refractivity contribution is 6.09. The number of anilines is 1. The molecule has 0 fully saturated rings. The summed E-state index contributed by atoms with van der Waals surface area (Å²) < 4.78 is 5.97. The largest absolute Gasteiger partial charge is 0.491 e. The van der Waals surface area contributed by atoms with Crippen LogP contribution in [0.2, 0.25) is 0 Å². The van der Waals surface area contributed by atoms with Crippen LogP contribution in [0.4, 0.5) is 5.69 Å². The molecular formula is C19H17NO2. The number of carbonyl (C=O) groups is 1. The molecule has 2 heterocycles. The fourth-order valence-electron chi connectivity index (χ4n) is 4.21. The summed E-state index contributed by atoms with van der Waals surface area (Å²) >= 11 is 0. The number of nitrogens with one attached hydrogen (secondary N) is 1. The van der Waals surface area contributed by atoms with Crippen LogP contribution in [0.3, 0.4) is 0 Å². The maximum atomic E-state index is 12.8. The first-order chi connectivity index (χ1) is 10.8. The average Bonchev–Trinajstić information content (AvgIpc) is 3.06. The van der Waals surface area contributed by atoms with Crippen LogP contribution in [-0.2, 0) is 23.1 Å². The summed E-state index contributed by atoms with van der Waals surface area (Å²) in [6.45, 7) is 0.411. The monoisotopic (exact) mass is 291 g/mol. The predicted molar refractivity (Wildman–Crippen MR) is 84.4 cm³/mol. The second-order valence-corrected chi connectivity index (χ2v) is 6.52. The Morgan fingerprint density at radius 2 is 1.77 bits per heavy atom. The van der Waals surface area contributed by atoms with Crippen molar-refractivity contribution >= 4 is 11.6 Å². The Hall–Kier alpha value is -2.29. The van der Waals surface area contributed by atoms with Crippen molar-refractivity contribution in [3.05, 3.63) is 58.7 Å². The summed E-state index contributed by atoms with van der Waals surface area (Å²) in [6, 6.07) is 12.4. The molecule has 1 aliphatic carbocycles. The number of ether oxygens (including phenoxy) is 1. The normalized spacial score (nSPS) is 24.5. The number of aryl methyl sites for hydroxylation is 2. The lowest BCUT2D eigenvalue weighted by atomic mass is 9.75. The number of benzene rings is 2. The minimum absolute atomic E-state index is 0.0446. The number of para-hydroxylation sites is 1. The molecule has 2 aromatic carbocycles. The van der Waals surface area contributed by atoms with E-state index in [-0.39, 0.29) is 5.91 Å². The molecule has 0 saturated heterocycles. The van der Waals surface area contributed by atoms with Crippen LogP contribution in [-0.4, -0.2) is 12.5 Å². The van der Waals surface area contributed by atoms with Crippen LogP contribution in [0.1, 0.15) is 35.1 Å². The first-order valence-electron chi connectivity index (χ1n) is 7.99. The van der Waals surface area contributed by atoms with Crippen molar-refractivity contribution in [2.24, 2.45) is 0 Å². The van der Waals surface area contributed by atoms with Crippen LogP contribution in [0, 0.1) is 0 Å². The molecule has 3 aliphatic rings. The zero-order chi connectivity index (χ0) is 14.7. The number of carbonyl (C=O) groups excluding carboxylic acids is 1. The van der Waals surface area contributed by atoms with E-state index in [0.29, 0.717) is 6.61 Å². The van der Waals surface area contributed by atoms with Gasteiger partial charge in [-0.1, -0.05) is 24.3 Å². The van der Waals surface area contributed by atoms with Crippen molar-refractivity contribution in [1.29, 1.82) is 0 Å². The van der Waals surface area contributed by atoms with Crippen molar-refractivity contribution in [2.75, 3.05) is 11.9 Å². The van der Waals surface area contributed by atoms with Crippen LogP contribution in [0.15, 0.2) is 36.4 Å². The third kappa shape index (κ3) is 1.39. The first kappa shape index (κ1) is 12.3. The Labute approximate surface area is 129 Å². The van der Waals surface area contributed by atoms with Crippen molar-refractivity contribution in [3.8, 4) is 5.75 Å². The number of hydrogen-bond acceptors (Lipinski definition) is 2. The van der Waals surface area contributed by atoms with E-state index < -0.39 is 5.41 Å². The van der Waals surface area contributed by atoms with Crippen molar-refractivity contribution in [1.82, 2.24) is 0 Å². The van der Waals surface area contributed by atoms with Gasteiger partial charge in [0.15, 0.2) is 0 Å². The minimum atomic E-state index is -0.654. The van der Waals surface area contributed by atoms with Crippen LogP contribution >= 0.6 is 0 Å². The lowest BCUT2D eigenvalue weighted by Gasteiger charge is -2.22. The van der Waals surface area contributed by atoms with Gasteiger partial charge in [0.1, 0.15) is 17.8 Å². The van der Waals surface area contributed by atoms with Gasteiger partial charge < -0.3 is 10.1 Å². The SMILES string of the molecule is O=C1Nc2ccccc2C12COc1cc3c(cc12)CCCC3. The molecule has 0 aromatic heterocycles. The van der Waals surface area contributed by atoms with Gasteiger partial charge in [-0.2, -0.15) is 0 Å². The van der Waals surface area contributed by atoms with Gasteiger partial charge in [0, 0.05) is 11.3 Å². The molecule has 0 bridgehead atoms. The molecule has 2 aliphatic heterocycles. The average molecular weight is 291 g/mol.